The molecule has 0 spiro atoms. The van der Waals surface area contributed by atoms with Crippen LogP contribution in [-0.2, 0) is 6.42 Å². The van der Waals surface area contributed by atoms with E-state index in [2.05, 4.69) is 32.7 Å². The summed E-state index contributed by atoms with van der Waals surface area (Å²) in [4.78, 5) is 9.93. The largest absolute Gasteiger partial charge is 0.316 e. The maximum Gasteiger partial charge on any atom is 0.188 e. The highest BCUT2D eigenvalue weighted by Gasteiger charge is 2.35. The van der Waals surface area contributed by atoms with Crippen LogP contribution < -0.4 is 10.6 Å². The predicted octanol–water partition coefficient (Wildman–Crippen LogP) is 6.54. The van der Waals surface area contributed by atoms with Crippen molar-refractivity contribution in [3.8, 4) is 10.4 Å². The van der Waals surface area contributed by atoms with E-state index in [1.54, 1.807) is 23.5 Å². The number of hydrogen-bond acceptors (Lipinski definition) is 5. The van der Waals surface area contributed by atoms with Gasteiger partial charge in [-0.05, 0) is 91.9 Å². The average molecular weight is 441 g/mol. The molecular formula is C25H33FN4S. The first kappa shape index (κ1) is 20.6. The van der Waals surface area contributed by atoms with Gasteiger partial charge in [0.1, 0.15) is 11.6 Å². The summed E-state index contributed by atoms with van der Waals surface area (Å²) in [7, 11) is 0. The molecule has 6 heteroatoms. The molecule has 166 valence electrons. The molecule has 2 N–H and O–H groups in total. The summed E-state index contributed by atoms with van der Waals surface area (Å²) >= 11 is 1.55. The van der Waals surface area contributed by atoms with E-state index in [1.165, 1.54) is 62.9 Å². The smallest absolute Gasteiger partial charge is 0.188 e. The van der Waals surface area contributed by atoms with Crippen LogP contribution in [0.1, 0.15) is 40.5 Å². The van der Waals surface area contributed by atoms with Crippen LogP contribution in [0.3, 0.4) is 0 Å². The number of pyridine rings is 1. The SMILES string of the molecule is Fc1ccc(-c2cnc(Nc3cc(CCCC4CCC[C@@H]5CNC[C@H]45)ccn3)s2)cc1.[HH].[HH]. The van der Waals surface area contributed by atoms with Crippen molar-refractivity contribution in [3.05, 3.63) is 60.2 Å². The molecule has 0 radical (unpaired) electrons. The summed E-state index contributed by atoms with van der Waals surface area (Å²) in [6, 6.07) is 10.8. The van der Waals surface area contributed by atoms with E-state index >= 15 is 0 Å². The second-order valence-corrected chi connectivity index (χ2v) is 9.91. The van der Waals surface area contributed by atoms with Gasteiger partial charge in [-0.15, -0.1) is 0 Å². The molecule has 31 heavy (non-hydrogen) atoms. The number of benzene rings is 1. The third-order valence-corrected chi connectivity index (χ3v) is 7.84. The first-order valence-electron chi connectivity index (χ1n) is 11.4. The number of nitrogens with zero attached hydrogens (tertiary/aromatic N) is 2. The van der Waals surface area contributed by atoms with Gasteiger partial charge in [0.2, 0.25) is 0 Å². The topological polar surface area (TPSA) is 49.8 Å². The third-order valence-electron chi connectivity index (χ3n) is 6.88. The predicted molar refractivity (Wildman–Crippen MR) is 129 cm³/mol. The van der Waals surface area contributed by atoms with E-state index < -0.39 is 0 Å². The zero-order valence-corrected chi connectivity index (χ0v) is 18.5. The lowest BCUT2D eigenvalue weighted by Crippen LogP contribution is -2.27. The highest BCUT2D eigenvalue weighted by atomic mass is 32.1. The van der Waals surface area contributed by atoms with Gasteiger partial charge in [-0.1, -0.05) is 36.3 Å². The standard InChI is InChI=1S/C25H29FN4S.2H2/c26-21-9-7-19(8-10-21)23-16-29-25(31-23)30-24-13-17(11-12-28-24)3-1-4-18-5-2-6-20-14-27-15-22(18)20;;/h7-13,16,18,20,22,27H,1-6,14-15H2,(H,28,29,30);2*1H/t18?,20-,22-;;/m1../s1. The highest BCUT2D eigenvalue weighted by molar-refractivity contribution is 7.18. The summed E-state index contributed by atoms with van der Waals surface area (Å²) in [5, 5.41) is 7.74. The normalized spacial score (nSPS) is 22.9. The third kappa shape index (κ3) is 4.96. The van der Waals surface area contributed by atoms with Crippen LogP contribution in [0, 0.1) is 23.6 Å². The molecule has 3 aromatic rings. The minimum atomic E-state index is -0.226. The second-order valence-electron chi connectivity index (χ2n) is 8.88. The van der Waals surface area contributed by atoms with E-state index in [0.29, 0.717) is 0 Å². The number of thiazole rings is 1. The average Bonchev–Trinajstić information content (AvgIpc) is 3.45. The molecule has 2 aromatic heterocycles. The minimum Gasteiger partial charge on any atom is -0.316 e. The van der Waals surface area contributed by atoms with Crippen molar-refractivity contribution >= 4 is 22.3 Å². The van der Waals surface area contributed by atoms with Crippen molar-refractivity contribution in [2.45, 2.75) is 38.5 Å². The first-order valence-corrected chi connectivity index (χ1v) is 12.2. The molecule has 5 rings (SSSR count). The van der Waals surface area contributed by atoms with E-state index in [4.69, 9.17) is 0 Å². The Labute approximate surface area is 190 Å². The van der Waals surface area contributed by atoms with Crippen LogP contribution in [-0.4, -0.2) is 23.1 Å². The molecule has 4 nitrogen and oxygen atoms in total. The van der Waals surface area contributed by atoms with Crippen LogP contribution in [0.5, 0.6) is 0 Å². The zero-order chi connectivity index (χ0) is 21.0. The molecule has 1 aliphatic carbocycles. The lowest BCUT2D eigenvalue weighted by Gasteiger charge is -2.33. The van der Waals surface area contributed by atoms with E-state index in [9.17, 15) is 4.39 Å². The van der Waals surface area contributed by atoms with E-state index in [0.717, 1.165) is 45.6 Å². The molecule has 1 aliphatic heterocycles. The molecule has 3 heterocycles. The molecule has 0 amide bonds. The minimum absolute atomic E-state index is 0. The number of anilines is 2. The number of rotatable bonds is 7. The zero-order valence-electron chi connectivity index (χ0n) is 17.7. The van der Waals surface area contributed by atoms with Gasteiger partial charge >= 0.3 is 0 Å². The fourth-order valence-corrected chi connectivity index (χ4v) is 6.12. The molecule has 1 unspecified atom stereocenters. The van der Waals surface area contributed by atoms with Gasteiger partial charge in [-0.2, -0.15) is 0 Å². The molecule has 1 saturated heterocycles. The Morgan fingerprint density at radius 2 is 2.03 bits per heavy atom. The van der Waals surface area contributed by atoms with Crippen LogP contribution >= 0.6 is 11.3 Å². The maximum atomic E-state index is 13.1. The highest BCUT2D eigenvalue weighted by Crippen LogP contribution is 2.39. The Morgan fingerprint density at radius 3 is 2.94 bits per heavy atom. The van der Waals surface area contributed by atoms with Gasteiger partial charge in [0.25, 0.3) is 0 Å². The Morgan fingerprint density at radius 1 is 1.13 bits per heavy atom. The number of halogens is 1. The number of hydrogen-bond donors (Lipinski definition) is 2. The quantitative estimate of drug-likeness (QED) is 0.438. The molecule has 1 saturated carbocycles. The Balaban J connectivity index is 0.00000153. The molecule has 2 fully saturated rings. The lowest BCUT2D eigenvalue weighted by atomic mass is 9.72. The second kappa shape index (κ2) is 9.45. The molecule has 3 atom stereocenters. The number of aromatic nitrogens is 2. The van der Waals surface area contributed by atoms with Crippen molar-refractivity contribution < 1.29 is 7.24 Å². The van der Waals surface area contributed by atoms with Gasteiger partial charge in [-0.25, -0.2) is 14.4 Å². The van der Waals surface area contributed by atoms with Gasteiger partial charge in [-0.3, -0.25) is 0 Å². The summed E-state index contributed by atoms with van der Waals surface area (Å²) in [5.74, 6) is 3.33. The van der Waals surface area contributed by atoms with Gasteiger partial charge in [0.15, 0.2) is 5.13 Å². The first-order chi connectivity index (χ1) is 15.2. The molecule has 2 aliphatic rings. The van der Waals surface area contributed by atoms with Crippen molar-refractivity contribution in [3.63, 3.8) is 0 Å². The number of aryl methyl sites for hydroxylation is 1. The number of nitrogens with one attached hydrogen (secondary N) is 2. The Hall–Kier alpha value is -2.31. The Bertz CT molecular complexity index is 1010. The van der Waals surface area contributed by atoms with Crippen molar-refractivity contribution in [2.24, 2.45) is 17.8 Å². The summed E-state index contributed by atoms with van der Waals surface area (Å²) in [6.07, 6.45) is 11.6. The molecule has 0 bridgehead atoms. The lowest BCUT2D eigenvalue weighted by molar-refractivity contribution is 0.186. The maximum absolute atomic E-state index is 13.1. The summed E-state index contributed by atoms with van der Waals surface area (Å²) in [5.41, 5.74) is 2.29. The summed E-state index contributed by atoms with van der Waals surface area (Å²) < 4.78 is 13.1. The monoisotopic (exact) mass is 440 g/mol. The van der Waals surface area contributed by atoms with Crippen molar-refractivity contribution in [1.29, 1.82) is 0 Å². The number of fused-ring (bicyclic) bond motifs is 1. The fraction of sp³-hybridized carbons (Fsp3) is 0.440. The van der Waals surface area contributed by atoms with Crippen molar-refractivity contribution in [2.75, 3.05) is 18.4 Å². The van der Waals surface area contributed by atoms with Gasteiger partial charge in [0, 0.05) is 15.2 Å². The fourth-order valence-electron chi connectivity index (χ4n) is 5.29. The summed E-state index contributed by atoms with van der Waals surface area (Å²) in [6.45, 7) is 2.46. The van der Waals surface area contributed by atoms with Gasteiger partial charge in [0.05, 0.1) is 4.88 Å². The van der Waals surface area contributed by atoms with Crippen LogP contribution in [0.4, 0.5) is 15.3 Å². The van der Waals surface area contributed by atoms with Crippen LogP contribution in [0.15, 0.2) is 48.8 Å². The molecular weight excluding hydrogens is 407 g/mol. The van der Waals surface area contributed by atoms with Crippen LogP contribution in [0.2, 0.25) is 0 Å². The van der Waals surface area contributed by atoms with Crippen molar-refractivity contribution in [1.82, 2.24) is 15.3 Å². The molecule has 1 aromatic carbocycles. The van der Waals surface area contributed by atoms with Gasteiger partial charge < -0.3 is 10.6 Å². The van der Waals surface area contributed by atoms with E-state index in [-0.39, 0.29) is 8.67 Å². The van der Waals surface area contributed by atoms with E-state index in [1.807, 2.05) is 12.4 Å². The van der Waals surface area contributed by atoms with Crippen LogP contribution in [0.25, 0.3) is 10.4 Å². The Kier molecular flexibility index (Phi) is 6.27.